The molecule has 0 spiro atoms. The van der Waals surface area contributed by atoms with Crippen molar-refractivity contribution in [1.29, 1.82) is 0 Å². The summed E-state index contributed by atoms with van der Waals surface area (Å²) in [6.07, 6.45) is 2.43. The van der Waals surface area contributed by atoms with Crippen LogP contribution in [0.2, 0.25) is 0 Å². The summed E-state index contributed by atoms with van der Waals surface area (Å²) in [6.45, 7) is 4.94. The molecule has 0 aliphatic carbocycles. The summed E-state index contributed by atoms with van der Waals surface area (Å²) in [7, 11) is 0. The molecule has 1 amide bonds. The van der Waals surface area contributed by atoms with Gasteiger partial charge in [-0.05, 0) is 18.8 Å². The molecular weight excluding hydrogens is 174 g/mol. The standard InChI is InChI=1S/C9H18ClNO/c1-8(2)7-11-9(12)5-3-4-6-10/h8H,3-7H2,1-2H3,(H,11,12). The van der Waals surface area contributed by atoms with Crippen LogP contribution in [0.25, 0.3) is 0 Å². The number of nitrogens with one attached hydrogen (secondary N) is 1. The monoisotopic (exact) mass is 191 g/mol. The van der Waals surface area contributed by atoms with Crippen molar-refractivity contribution in [2.24, 2.45) is 5.92 Å². The van der Waals surface area contributed by atoms with Gasteiger partial charge in [0.2, 0.25) is 5.91 Å². The molecule has 1 N–H and O–H groups in total. The lowest BCUT2D eigenvalue weighted by Crippen LogP contribution is -2.26. The zero-order valence-electron chi connectivity index (χ0n) is 7.90. The van der Waals surface area contributed by atoms with E-state index in [4.69, 9.17) is 11.6 Å². The predicted molar refractivity (Wildman–Crippen MR) is 52.4 cm³/mol. The Hall–Kier alpha value is -0.240. The summed E-state index contributed by atoms with van der Waals surface area (Å²) in [4.78, 5) is 11.1. The maximum atomic E-state index is 11.1. The molecule has 0 heterocycles. The lowest BCUT2D eigenvalue weighted by Gasteiger charge is -2.06. The van der Waals surface area contributed by atoms with Gasteiger partial charge < -0.3 is 5.32 Å². The summed E-state index contributed by atoms with van der Waals surface area (Å²) in [6, 6.07) is 0. The van der Waals surface area contributed by atoms with Gasteiger partial charge in [-0.3, -0.25) is 4.79 Å². The van der Waals surface area contributed by atoms with E-state index < -0.39 is 0 Å². The smallest absolute Gasteiger partial charge is 0.220 e. The van der Waals surface area contributed by atoms with Gasteiger partial charge in [-0.15, -0.1) is 11.6 Å². The van der Waals surface area contributed by atoms with Gasteiger partial charge in [0.25, 0.3) is 0 Å². The van der Waals surface area contributed by atoms with Crippen LogP contribution in [0.3, 0.4) is 0 Å². The summed E-state index contributed by atoms with van der Waals surface area (Å²) < 4.78 is 0. The molecule has 0 saturated heterocycles. The van der Waals surface area contributed by atoms with Crippen LogP contribution in [0.5, 0.6) is 0 Å². The third kappa shape index (κ3) is 7.86. The lowest BCUT2D eigenvalue weighted by molar-refractivity contribution is -0.121. The number of rotatable bonds is 6. The molecule has 0 aromatic heterocycles. The largest absolute Gasteiger partial charge is 0.356 e. The van der Waals surface area contributed by atoms with Crippen LogP contribution in [0.1, 0.15) is 33.1 Å². The number of unbranched alkanes of at least 4 members (excludes halogenated alkanes) is 1. The summed E-state index contributed by atoms with van der Waals surface area (Å²) >= 11 is 5.48. The Morgan fingerprint density at radius 1 is 1.42 bits per heavy atom. The predicted octanol–water partition coefficient (Wildman–Crippen LogP) is 2.17. The molecule has 0 fully saturated rings. The van der Waals surface area contributed by atoms with E-state index in [1.807, 2.05) is 0 Å². The average Bonchev–Trinajstić information content (AvgIpc) is 2.01. The minimum absolute atomic E-state index is 0.147. The van der Waals surface area contributed by atoms with Crippen LogP contribution < -0.4 is 5.32 Å². The van der Waals surface area contributed by atoms with Gasteiger partial charge in [0.15, 0.2) is 0 Å². The molecule has 0 aromatic carbocycles. The Bertz CT molecular complexity index is 126. The Morgan fingerprint density at radius 3 is 2.58 bits per heavy atom. The van der Waals surface area contributed by atoms with Crippen molar-refractivity contribution in [3.63, 3.8) is 0 Å². The second-order valence-corrected chi connectivity index (χ2v) is 3.72. The van der Waals surface area contributed by atoms with Crippen molar-refractivity contribution in [2.45, 2.75) is 33.1 Å². The molecule has 12 heavy (non-hydrogen) atoms. The van der Waals surface area contributed by atoms with Gasteiger partial charge >= 0.3 is 0 Å². The number of hydrogen-bond donors (Lipinski definition) is 1. The van der Waals surface area contributed by atoms with E-state index >= 15 is 0 Å². The minimum atomic E-state index is 0.147. The Morgan fingerprint density at radius 2 is 2.08 bits per heavy atom. The fourth-order valence-corrected chi connectivity index (χ4v) is 0.975. The summed E-state index contributed by atoms with van der Waals surface area (Å²) in [5.74, 6) is 1.33. The zero-order valence-corrected chi connectivity index (χ0v) is 8.66. The first-order valence-electron chi connectivity index (χ1n) is 4.49. The topological polar surface area (TPSA) is 29.1 Å². The van der Waals surface area contributed by atoms with Crippen molar-refractivity contribution in [1.82, 2.24) is 5.32 Å². The normalized spacial score (nSPS) is 10.3. The number of carbonyl (C=O) groups excluding carboxylic acids is 1. The molecule has 0 unspecified atom stereocenters. The first-order chi connectivity index (χ1) is 5.66. The van der Waals surface area contributed by atoms with Gasteiger partial charge in [-0.1, -0.05) is 13.8 Å². The van der Waals surface area contributed by atoms with Crippen LogP contribution in [0, 0.1) is 5.92 Å². The molecule has 0 aliphatic heterocycles. The van der Waals surface area contributed by atoms with Crippen molar-refractivity contribution in [3.8, 4) is 0 Å². The van der Waals surface area contributed by atoms with E-state index in [1.165, 1.54) is 0 Å². The average molecular weight is 192 g/mol. The first kappa shape index (κ1) is 11.8. The van der Waals surface area contributed by atoms with Gasteiger partial charge in [-0.25, -0.2) is 0 Å². The Kier molecular flexibility index (Phi) is 7.26. The fourth-order valence-electron chi connectivity index (χ4n) is 0.786. The highest BCUT2D eigenvalue weighted by Crippen LogP contribution is 1.97. The van der Waals surface area contributed by atoms with Gasteiger partial charge in [-0.2, -0.15) is 0 Å². The van der Waals surface area contributed by atoms with E-state index in [1.54, 1.807) is 0 Å². The van der Waals surface area contributed by atoms with Crippen molar-refractivity contribution >= 4 is 17.5 Å². The van der Waals surface area contributed by atoms with Crippen molar-refractivity contribution < 1.29 is 4.79 Å². The minimum Gasteiger partial charge on any atom is -0.356 e. The molecule has 2 nitrogen and oxygen atoms in total. The maximum absolute atomic E-state index is 11.1. The fraction of sp³-hybridized carbons (Fsp3) is 0.889. The van der Waals surface area contributed by atoms with E-state index in [9.17, 15) is 4.79 Å². The van der Waals surface area contributed by atoms with E-state index in [0.29, 0.717) is 18.2 Å². The van der Waals surface area contributed by atoms with Crippen molar-refractivity contribution in [3.05, 3.63) is 0 Å². The van der Waals surface area contributed by atoms with E-state index in [2.05, 4.69) is 19.2 Å². The molecule has 0 aromatic rings. The zero-order chi connectivity index (χ0) is 9.40. The molecule has 0 rings (SSSR count). The third-order valence-corrected chi connectivity index (χ3v) is 1.76. The number of alkyl halides is 1. The van der Waals surface area contributed by atoms with Gasteiger partial charge in [0.1, 0.15) is 0 Å². The second-order valence-electron chi connectivity index (χ2n) is 3.34. The van der Waals surface area contributed by atoms with Crippen molar-refractivity contribution in [2.75, 3.05) is 12.4 Å². The summed E-state index contributed by atoms with van der Waals surface area (Å²) in [5, 5.41) is 2.86. The summed E-state index contributed by atoms with van der Waals surface area (Å²) in [5.41, 5.74) is 0. The quantitative estimate of drug-likeness (QED) is 0.506. The molecule has 0 atom stereocenters. The van der Waals surface area contributed by atoms with Gasteiger partial charge in [0, 0.05) is 18.8 Å². The third-order valence-electron chi connectivity index (χ3n) is 1.49. The Labute approximate surface area is 79.7 Å². The highest BCUT2D eigenvalue weighted by Gasteiger charge is 2.00. The maximum Gasteiger partial charge on any atom is 0.220 e. The van der Waals surface area contributed by atoms with Crippen LogP contribution in [0.15, 0.2) is 0 Å². The lowest BCUT2D eigenvalue weighted by atomic mass is 10.2. The molecule has 0 saturated carbocycles. The number of amides is 1. The first-order valence-corrected chi connectivity index (χ1v) is 5.03. The van der Waals surface area contributed by atoms with Crippen LogP contribution in [-0.4, -0.2) is 18.3 Å². The van der Waals surface area contributed by atoms with Crippen LogP contribution in [-0.2, 0) is 4.79 Å². The van der Waals surface area contributed by atoms with E-state index in [0.717, 1.165) is 19.4 Å². The molecule has 0 aliphatic rings. The second kappa shape index (κ2) is 7.41. The molecule has 72 valence electrons. The SMILES string of the molecule is CC(C)CNC(=O)CCCCCl. The molecule has 3 heteroatoms. The molecular formula is C9H18ClNO. The number of hydrogen-bond acceptors (Lipinski definition) is 1. The Balaban J connectivity index is 3.22. The number of halogens is 1. The molecule has 0 bridgehead atoms. The molecule has 0 radical (unpaired) electrons. The number of carbonyl (C=O) groups is 1. The van der Waals surface area contributed by atoms with Crippen LogP contribution >= 0.6 is 11.6 Å². The van der Waals surface area contributed by atoms with Crippen LogP contribution in [0.4, 0.5) is 0 Å². The highest BCUT2D eigenvalue weighted by atomic mass is 35.5. The van der Waals surface area contributed by atoms with Gasteiger partial charge in [0.05, 0.1) is 0 Å². The van der Waals surface area contributed by atoms with E-state index in [-0.39, 0.29) is 5.91 Å². The highest BCUT2D eigenvalue weighted by molar-refractivity contribution is 6.17.